The van der Waals surface area contributed by atoms with E-state index in [2.05, 4.69) is 15.5 Å². The number of H-pyrrole nitrogens is 1. The molecule has 19 heavy (non-hydrogen) atoms. The summed E-state index contributed by atoms with van der Waals surface area (Å²) in [5.41, 5.74) is 2.08. The molecular formula is C11H18N4O3S. The number of hydrogen-bond acceptors (Lipinski definition) is 6. The van der Waals surface area contributed by atoms with E-state index in [9.17, 15) is 9.90 Å². The number of nitrogens with one attached hydrogen (secondary N) is 2. The van der Waals surface area contributed by atoms with Crippen molar-refractivity contribution >= 4 is 18.4 Å². The topological polar surface area (TPSA) is 103 Å². The molecule has 1 aromatic heterocycles. The van der Waals surface area contributed by atoms with Crippen LogP contribution in [0.25, 0.3) is 0 Å². The minimum atomic E-state index is -0.496. The summed E-state index contributed by atoms with van der Waals surface area (Å²) < 4.78 is 1.66. The van der Waals surface area contributed by atoms with Gasteiger partial charge in [-0.1, -0.05) is 13.3 Å². The third-order valence-electron chi connectivity index (χ3n) is 2.45. The molecule has 0 saturated heterocycles. The number of aliphatic hydroxyl groups is 1. The normalized spacial score (nSPS) is 11.1. The second-order valence-electron chi connectivity index (χ2n) is 3.89. The van der Waals surface area contributed by atoms with Crippen LogP contribution in [-0.2, 0) is 6.54 Å². The van der Waals surface area contributed by atoms with E-state index in [4.69, 9.17) is 17.3 Å². The highest BCUT2D eigenvalue weighted by Gasteiger charge is 2.10. The van der Waals surface area contributed by atoms with E-state index in [1.54, 1.807) is 0 Å². The molecule has 1 rings (SSSR count). The van der Waals surface area contributed by atoms with Crippen molar-refractivity contribution in [2.75, 3.05) is 13.2 Å². The third kappa shape index (κ3) is 4.18. The fourth-order valence-electron chi connectivity index (χ4n) is 1.44. The van der Waals surface area contributed by atoms with Gasteiger partial charge in [-0.3, -0.25) is 14.3 Å². The van der Waals surface area contributed by atoms with Gasteiger partial charge in [0.15, 0.2) is 4.77 Å². The Morgan fingerprint density at radius 1 is 1.58 bits per heavy atom. The van der Waals surface area contributed by atoms with Crippen LogP contribution in [0.2, 0.25) is 0 Å². The van der Waals surface area contributed by atoms with Crippen molar-refractivity contribution in [2.45, 2.75) is 26.3 Å². The van der Waals surface area contributed by atoms with Crippen molar-refractivity contribution in [2.24, 2.45) is 5.10 Å². The smallest absolute Gasteiger partial charge is 0.264 e. The number of hydrogen-bond donors (Lipinski definition) is 4. The van der Waals surface area contributed by atoms with Crippen LogP contribution in [0.5, 0.6) is 5.88 Å². The second kappa shape index (κ2) is 7.70. The predicted octanol–water partition coefficient (Wildman–Crippen LogP) is 0.327. The van der Waals surface area contributed by atoms with Crippen LogP contribution in [0.1, 0.15) is 25.3 Å². The van der Waals surface area contributed by atoms with Gasteiger partial charge in [-0.05, 0) is 18.6 Å². The van der Waals surface area contributed by atoms with Crippen molar-refractivity contribution < 1.29 is 10.2 Å². The summed E-state index contributed by atoms with van der Waals surface area (Å²) in [4.78, 5) is 14.2. The zero-order chi connectivity index (χ0) is 14.3. The summed E-state index contributed by atoms with van der Waals surface area (Å²) in [6.07, 6.45) is 3.00. The van der Waals surface area contributed by atoms with Crippen molar-refractivity contribution in [1.29, 1.82) is 0 Å². The summed E-state index contributed by atoms with van der Waals surface area (Å²) in [5.74, 6) is -0.197. The monoisotopic (exact) mass is 286 g/mol. The van der Waals surface area contributed by atoms with Crippen molar-refractivity contribution in [3.63, 3.8) is 0 Å². The van der Waals surface area contributed by atoms with Gasteiger partial charge >= 0.3 is 0 Å². The first kappa shape index (κ1) is 15.4. The second-order valence-corrected chi connectivity index (χ2v) is 4.28. The zero-order valence-electron chi connectivity index (χ0n) is 10.7. The molecule has 0 unspecified atom stereocenters. The van der Waals surface area contributed by atoms with E-state index >= 15 is 0 Å². The fraction of sp³-hybridized carbons (Fsp3) is 0.545. The Morgan fingerprint density at radius 3 is 2.95 bits per heavy atom. The largest absolute Gasteiger partial charge is 0.494 e. The molecule has 7 nitrogen and oxygen atoms in total. The SMILES string of the molecule is CCCCn1c(O)c(C=NNCCO)c(=O)[nH]c1=S. The van der Waals surface area contributed by atoms with Crippen LogP contribution in [-0.4, -0.2) is 39.1 Å². The summed E-state index contributed by atoms with van der Waals surface area (Å²) in [6.45, 7) is 2.75. The lowest BCUT2D eigenvalue weighted by molar-refractivity contribution is 0.294. The number of aromatic nitrogens is 2. The van der Waals surface area contributed by atoms with Crippen LogP contribution >= 0.6 is 12.2 Å². The van der Waals surface area contributed by atoms with Crippen molar-refractivity contribution in [3.8, 4) is 5.88 Å². The first-order chi connectivity index (χ1) is 9.11. The molecule has 0 atom stereocenters. The van der Waals surface area contributed by atoms with Crippen molar-refractivity contribution in [3.05, 3.63) is 20.7 Å². The molecule has 0 amide bonds. The molecule has 4 N–H and O–H groups in total. The van der Waals surface area contributed by atoms with Crippen LogP contribution in [0, 0.1) is 4.77 Å². The van der Waals surface area contributed by atoms with Gasteiger partial charge in [-0.15, -0.1) is 0 Å². The number of aromatic hydroxyl groups is 1. The number of hydrazone groups is 1. The average Bonchev–Trinajstić information content (AvgIpc) is 2.37. The van der Waals surface area contributed by atoms with Crippen molar-refractivity contribution in [1.82, 2.24) is 15.0 Å². The highest BCUT2D eigenvalue weighted by atomic mass is 32.1. The van der Waals surface area contributed by atoms with Gasteiger partial charge < -0.3 is 15.6 Å². The molecular weight excluding hydrogens is 268 g/mol. The van der Waals surface area contributed by atoms with Gasteiger partial charge in [-0.25, -0.2) is 0 Å². The Balaban J connectivity index is 3.07. The highest BCUT2D eigenvalue weighted by molar-refractivity contribution is 7.71. The molecule has 0 fully saturated rings. The van der Waals surface area contributed by atoms with Gasteiger partial charge in [0, 0.05) is 6.54 Å². The molecule has 0 aliphatic rings. The zero-order valence-corrected chi connectivity index (χ0v) is 11.5. The Kier molecular flexibility index (Phi) is 6.23. The molecule has 106 valence electrons. The van der Waals surface area contributed by atoms with E-state index in [-0.39, 0.29) is 29.4 Å². The molecule has 1 heterocycles. The van der Waals surface area contributed by atoms with E-state index < -0.39 is 5.56 Å². The molecule has 0 bridgehead atoms. The number of rotatable bonds is 7. The Morgan fingerprint density at radius 2 is 2.32 bits per heavy atom. The molecule has 1 aromatic rings. The molecule has 0 spiro atoms. The summed E-state index contributed by atoms with van der Waals surface area (Å²) in [7, 11) is 0. The first-order valence-electron chi connectivity index (χ1n) is 6.04. The maximum absolute atomic E-state index is 11.7. The van der Waals surface area contributed by atoms with Gasteiger partial charge in [0.05, 0.1) is 19.4 Å². The maximum Gasteiger partial charge on any atom is 0.264 e. The van der Waals surface area contributed by atoms with Crippen LogP contribution in [0.15, 0.2) is 9.90 Å². The fourth-order valence-corrected chi connectivity index (χ4v) is 1.71. The van der Waals surface area contributed by atoms with E-state index in [1.165, 1.54) is 10.8 Å². The van der Waals surface area contributed by atoms with E-state index in [0.717, 1.165) is 12.8 Å². The lowest BCUT2D eigenvalue weighted by Gasteiger charge is -2.10. The van der Waals surface area contributed by atoms with Crippen LogP contribution in [0.3, 0.4) is 0 Å². The quantitative estimate of drug-likeness (QED) is 0.250. The standard InChI is InChI=1S/C11H18N4O3S/c1-2-3-5-15-10(18)8(7-13-12-4-6-16)9(17)14-11(15)19/h7,12,16,18H,2-6H2,1H3,(H,14,17,19). The van der Waals surface area contributed by atoms with E-state index in [1.807, 2.05) is 6.92 Å². The molecule has 0 aromatic carbocycles. The molecule has 0 aliphatic heterocycles. The predicted molar refractivity (Wildman–Crippen MR) is 75.1 cm³/mol. The molecule has 8 heteroatoms. The Bertz CT molecular complexity index is 550. The summed E-state index contributed by atoms with van der Waals surface area (Å²) in [5, 5.41) is 22.4. The first-order valence-corrected chi connectivity index (χ1v) is 6.45. The Hall–Kier alpha value is -1.67. The van der Waals surface area contributed by atoms with Gasteiger partial charge in [0.2, 0.25) is 5.88 Å². The highest BCUT2D eigenvalue weighted by Crippen LogP contribution is 2.12. The summed E-state index contributed by atoms with van der Waals surface area (Å²) in [6, 6.07) is 0. The lowest BCUT2D eigenvalue weighted by atomic mass is 10.3. The molecule has 0 aliphatic carbocycles. The maximum atomic E-state index is 11.7. The van der Waals surface area contributed by atoms with E-state index in [0.29, 0.717) is 6.54 Å². The third-order valence-corrected chi connectivity index (χ3v) is 2.77. The van der Waals surface area contributed by atoms with Gasteiger partial charge in [-0.2, -0.15) is 5.10 Å². The number of unbranched alkanes of at least 4 members (excludes halogenated alkanes) is 1. The minimum absolute atomic E-state index is 0.0372. The number of nitrogens with zero attached hydrogens (tertiary/aromatic N) is 2. The minimum Gasteiger partial charge on any atom is -0.494 e. The average molecular weight is 286 g/mol. The number of aromatic amines is 1. The van der Waals surface area contributed by atoms with Crippen LogP contribution < -0.4 is 11.0 Å². The molecule has 0 saturated carbocycles. The lowest BCUT2D eigenvalue weighted by Crippen LogP contribution is -2.20. The van der Waals surface area contributed by atoms with Gasteiger partial charge in [0.1, 0.15) is 5.56 Å². The summed E-state index contributed by atoms with van der Waals surface area (Å²) >= 11 is 5.01. The Labute approximate surface area is 115 Å². The number of aliphatic hydroxyl groups excluding tert-OH is 1. The van der Waals surface area contributed by atoms with Crippen LogP contribution in [0.4, 0.5) is 0 Å². The molecule has 0 radical (unpaired) electrons. The van der Waals surface area contributed by atoms with Gasteiger partial charge in [0.25, 0.3) is 5.56 Å².